The number of aromatic nitrogens is 2. The summed E-state index contributed by atoms with van der Waals surface area (Å²) in [7, 11) is 0. The molecule has 16 heavy (non-hydrogen) atoms. The van der Waals surface area contributed by atoms with Crippen molar-refractivity contribution in [1.29, 1.82) is 0 Å². The predicted octanol–water partition coefficient (Wildman–Crippen LogP) is 2.29. The van der Waals surface area contributed by atoms with Crippen molar-refractivity contribution < 1.29 is 9.90 Å². The first-order chi connectivity index (χ1) is 7.45. The van der Waals surface area contributed by atoms with E-state index in [1.54, 1.807) is 6.92 Å². The highest BCUT2D eigenvalue weighted by atomic mass is 16.4. The number of carboxylic acids is 1. The van der Waals surface area contributed by atoms with E-state index in [9.17, 15) is 4.79 Å². The van der Waals surface area contributed by atoms with E-state index in [1.165, 1.54) is 0 Å². The Morgan fingerprint density at radius 1 is 1.50 bits per heavy atom. The number of carboxylic acid groups (broad SMARTS) is 1. The predicted molar refractivity (Wildman–Crippen MR) is 62.5 cm³/mol. The van der Waals surface area contributed by atoms with Gasteiger partial charge in [-0.3, -0.25) is 9.48 Å². The van der Waals surface area contributed by atoms with E-state index in [0.717, 1.165) is 18.7 Å². The molecule has 0 bridgehead atoms. The Bertz CT molecular complexity index is 369. The van der Waals surface area contributed by atoms with Gasteiger partial charge in [0.1, 0.15) is 0 Å². The van der Waals surface area contributed by atoms with Gasteiger partial charge in [-0.1, -0.05) is 13.8 Å². The second kappa shape index (κ2) is 5.14. The second-order valence-electron chi connectivity index (χ2n) is 4.53. The lowest BCUT2D eigenvalue weighted by Gasteiger charge is -2.06. The fourth-order valence-corrected chi connectivity index (χ4v) is 1.67. The average Bonchev–Trinajstić information content (AvgIpc) is 2.58. The van der Waals surface area contributed by atoms with Crippen molar-refractivity contribution >= 4 is 5.97 Å². The highest BCUT2D eigenvalue weighted by Gasteiger charge is 2.19. The number of nitrogens with zero attached hydrogens (tertiary/aromatic N) is 2. The molecule has 1 heterocycles. The molecule has 0 fully saturated rings. The summed E-state index contributed by atoms with van der Waals surface area (Å²) in [5.41, 5.74) is 1.78. The molecule has 4 nitrogen and oxygen atoms in total. The number of aliphatic carboxylic acids is 1. The van der Waals surface area contributed by atoms with Crippen molar-refractivity contribution in [2.75, 3.05) is 0 Å². The van der Waals surface area contributed by atoms with Gasteiger partial charge >= 0.3 is 5.97 Å². The van der Waals surface area contributed by atoms with Crippen LogP contribution in [0.5, 0.6) is 0 Å². The molecule has 0 saturated carbocycles. The van der Waals surface area contributed by atoms with E-state index in [4.69, 9.17) is 5.11 Å². The van der Waals surface area contributed by atoms with Crippen molar-refractivity contribution in [3.05, 3.63) is 17.5 Å². The Balaban J connectivity index is 2.97. The zero-order chi connectivity index (χ0) is 12.3. The summed E-state index contributed by atoms with van der Waals surface area (Å²) >= 11 is 0. The van der Waals surface area contributed by atoms with Gasteiger partial charge in [-0.15, -0.1) is 0 Å². The van der Waals surface area contributed by atoms with Gasteiger partial charge in [-0.25, -0.2) is 0 Å². The number of carbonyl (C=O) groups is 1. The fraction of sp³-hybridized carbons (Fsp3) is 0.667. The molecule has 0 aliphatic heterocycles. The van der Waals surface area contributed by atoms with E-state index in [1.807, 2.05) is 17.7 Å². The Hall–Kier alpha value is -1.32. The summed E-state index contributed by atoms with van der Waals surface area (Å²) in [4.78, 5) is 10.9. The minimum absolute atomic E-state index is 0.529. The van der Waals surface area contributed by atoms with Crippen LogP contribution in [0, 0.1) is 5.92 Å². The van der Waals surface area contributed by atoms with E-state index in [-0.39, 0.29) is 0 Å². The molecular formula is C12H20N2O2. The van der Waals surface area contributed by atoms with Gasteiger partial charge in [0.05, 0.1) is 11.6 Å². The number of rotatable bonds is 5. The van der Waals surface area contributed by atoms with E-state index >= 15 is 0 Å². The lowest BCUT2D eigenvalue weighted by atomic mass is 10.0. The summed E-state index contributed by atoms with van der Waals surface area (Å²) in [5.74, 6) is -0.800. The van der Waals surface area contributed by atoms with Crippen LogP contribution in [0.25, 0.3) is 0 Å². The maximum Gasteiger partial charge on any atom is 0.312 e. The van der Waals surface area contributed by atoms with Crippen LogP contribution in [0.3, 0.4) is 0 Å². The molecular weight excluding hydrogens is 204 g/mol. The Morgan fingerprint density at radius 2 is 2.12 bits per heavy atom. The molecule has 90 valence electrons. The highest BCUT2D eigenvalue weighted by Crippen LogP contribution is 2.17. The average molecular weight is 224 g/mol. The molecule has 0 radical (unpaired) electrons. The van der Waals surface area contributed by atoms with Gasteiger partial charge in [0.25, 0.3) is 0 Å². The first kappa shape index (κ1) is 12.7. The molecule has 1 unspecified atom stereocenters. The first-order valence-corrected chi connectivity index (χ1v) is 5.75. The van der Waals surface area contributed by atoms with Crippen molar-refractivity contribution in [2.24, 2.45) is 5.92 Å². The summed E-state index contributed by atoms with van der Waals surface area (Å²) < 4.78 is 1.90. The third kappa shape index (κ3) is 2.84. The van der Waals surface area contributed by atoms with Gasteiger partial charge in [0.2, 0.25) is 0 Å². The third-order valence-electron chi connectivity index (χ3n) is 2.61. The minimum Gasteiger partial charge on any atom is -0.481 e. The van der Waals surface area contributed by atoms with Crippen LogP contribution in [-0.4, -0.2) is 20.9 Å². The van der Waals surface area contributed by atoms with Crippen LogP contribution in [0.4, 0.5) is 0 Å². The highest BCUT2D eigenvalue weighted by molar-refractivity contribution is 5.74. The molecule has 1 atom stereocenters. The second-order valence-corrected chi connectivity index (χ2v) is 4.53. The summed E-state index contributed by atoms with van der Waals surface area (Å²) in [6.07, 6.45) is 0.938. The van der Waals surface area contributed by atoms with Crippen molar-refractivity contribution in [3.8, 4) is 0 Å². The molecule has 1 aromatic rings. The largest absolute Gasteiger partial charge is 0.481 e. The standard InChI is InChI=1S/C12H20N2O2/c1-5-14-10(6-8(2)3)7-11(13-14)9(4)12(15)16/h7-9H,5-6H2,1-4H3,(H,15,16). The van der Waals surface area contributed by atoms with Crippen LogP contribution in [-0.2, 0) is 17.8 Å². The summed E-state index contributed by atoms with van der Waals surface area (Å²) in [6, 6.07) is 1.92. The quantitative estimate of drug-likeness (QED) is 0.834. The molecule has 1 rings (SSSR count). The van der Waals surface area contributed by atoms with E-state index in [0.29, 0.717) is 11.6 Å². The minimum atomic E-state index is -0.822. The Labute approximate surface area is 96.3 Å². The Kier molecular flexibility index (Phi) is 4.10. The Morgan fingerprint density at radius 3 is 2.56 bits per heavy atom. The zero-order valence-electron chi connectivity index (χ0n) is 10.4. The van der Waals surface area contributed by atoms with Crippen LogP contribution in [0.2, 0.25) is 0 Å². The summed E-state index contributed by atoms with van der Waals surface area (Å²) in [5, 5.41) is 13.3. The van der Waals surface area contributed by atoms with E-state index < -0.39 is 11.9 Å². The molecule has 0 saturated heterocycles. The van der Waals surface area contributed by atoms with Gasteiger partial charge in [-0.05, 0) is 32.3 Å². The number of hydrogen-bond donors (Lipinski definition) is 1. The van der Waals surface area contributed by atoms with Gasteiger partial charge in [0.15, 0.2) is 0 Å². The zero-order valence-corrected chi connectivity index (χ0v) is 10.4. The molecule has 0 aliphatic carbocycles. The van der Waals surface area contributed by atoms with Crippen LogP contribution in [0.1, 0.15) is 45.0 Å². The van der Waals surface area contributed by atoms with Crippen LogP contribution < -0.4 is 0 Å². The lowest BCUT2D eigenvalue weighted by Crippen LogP contribution is -2.09. The molecule has 0 amide bonds. The molecule has 0 aliphatic rings. The lowest BCUT2D eigenvalue weighted by molar-refractivity contribution is -0.138. The van der Waals surface area contributed by atoms with E-state index in [2.05, 4.69) is 18.9 Å². The number of aryl methyl sites for hydroxylation is 1. The molecule has 1 N–H and O–H groups in total. The number of hydrogen-bond acceptors (Lipinski definition) is 2. The molecule has 0 aromatic carbocycles. The summed E-state index contributed by atoms with van der Waals surface area (Å²) in [6.45, 7) is 8.77. The van der Waals surface area contributed by atoms with Crippen LogP contribution >= 0.6 is 0 Å². The third-order valence-corrected chi connectivity index (χ3v) is 2.61. The monoisotopic (exact) mass is 224 g/mol. The first-order valence-electron chi connectivity index (χ1n) is 5.75. The topological polar surface area (TPSA) is 55.1 Å². The van der Waals surface area contributed by atoms with Crippen LogP contribution in [0.15, 0.2) is 6.07 Å². The fourth-order valence-electron chi connectivity index (χ4n) is 1.67. The van der Waals surface area contributed by atoms with Crippen molar-refractivity contribution in [1.82, 2.24) is 9.78 Å². The maximum atomic E-state index is 10.9. The van der Waals surface area contributed by atoms with Gasteiger partial charge in [-0.2, -0.15) is 5.10 Å². The SMILES string of the molecule is CCn1nc(C(C)C(=O)O)cc1CC(C)C. The molecule has 4 heteroatoms. The van der Waals surface area contributed by atoms with Gasteiger partial charge < -0.3 is 5.11 Å². The van der Waals surface area contributed by atoms with Crippen molar-refractivity contribution in [2.45, 2.75) is 46.6 Å². The normalized spacial score (nSPS) is 13.1. The van der Waals surface area contributed by atoms with Crippen molar-refractivity contribution in [3.63, 3.8) is 0 Å². The molecule has 1 aromatic heterocycles. The van der Waals surface area contributed by atoms with Gasteiger partial charge in [0, 0.05) is 12.2 Å². The smallest absolute Gasteiger partial charge is 0.312 e. The maximum absolute atomic E-state index is 10.9. The molecule has 0 spiro atoms.